The van der Waals surface area contributed by atoms with Crippen molar-refractivity contribution in [1.29, 1.82) is 0 Å². The Bertz CT molecular complexity index is 570. The fraction of sp³-hybridized carbons (Fsp3) is 0.286. The maximum atomic E-state index is 6.13. The lowest BCUT2D eigenvalue weighted by Gasteiger charge is -2.14. The first-order valence-electron chi connectivity index (χ1n) is 6.07. The molecule has 1 aromatic heterocycles. The molecule has 5 heteroatoms. The molecule has 0 aliphatic carbocycles. The van der Waals surface area contributed by atoms with Crippen molar-refractivity contribution >= 4 is 29.0 Å². The summed E-state index contributed by atoms with van der Waals surface area (Å²) in [7, 11) is 0. The Balaban J connectivity index is 2.21. The van der Waals surface area contributed by atoms with Gasteiger partial charge in [-0.2, -0.15) is 0 Å². The van der Waals surface area contributed by atoms with E-state index in [1.54, 1.807) is 0 Å². The summed E-state index contributed by atoms with van der Waals surface area (Å²) in [5, 5.41) is 4.50. The molecule has 0 unspecified atom stereocenters. The van der Waals surface area contributed by atoms with Gasteiger partial charge in [-0.25, -0.2) is 9.97 Å². The number of nitrogens with zero attached hydrogens (tertiary/aromatic N) is 2. The van der Waals surface area contributed by atoms with E-state index >= 15 is 0 Å². The van der Waals surface area contributed by atoms with Crippen molar-refractivity contribution in [1.82, 2.24) is 9.97 Å². The van der Waals surface area contributed by atoms with Crippen molar-refractivity contribution in [2.75, 3.05) is 5.32 Å². The minimum absolute atomic E-state index is 0.252. The van der Waals surface area contributed by atoms with Crippen molar-refractivity contribution in [3.05, 3.63) is 51.9 Å². The van der Waals surface area contributed by atoms with Gasteiger partial charge in [-0.1, -0.05) is 55.2 Å². The smallest absolute Gasteiger partial charge is 0.138 e. The lowest BCUT2D eigenvalue weighted by molar-refractivity contribution is 0.844. The van der Waals surface area contributed by atoms with Crippen LogP contribution in [0.25, 0.3) is 0 Å². The molecule has 2 rings (SSSR count). The zero-order valence-corrected chi connectivity index (χ0v) is 12.3. The molecule has 1 N–H and O–H groups in total. The number of hydrogen-bond acceptors (Lipinski definition) is 3. The first-order valence-corrected chi connectivity index (χ1v) is 6.83. The molecular formula is C14H15Cl2N3. The summed E-state index contributed by atoms with van der Waals surface area (Å²) in [6.07, 6.45) is 1.46. The Labute approximate surface area is 123 Å². The molecule has 0 radical (unpaired) electrons. The highest BCUT2D eigenvalue weighted by Gasteiger charge is 2.13. The molecule has 0 fully saturated rings. The highest BCUT2D eigenvalue weighted by atomic mass is 35.5. The number of hydrogen-bond donors (Lipinski definition) is 1. The molecule has 0 amide bonds. The molecule has 0 saturated heterocycles. The zero-order chi connectivity index (χ0) is 13.8. The molecule has 1 aromatic carbocycles. The minimum Gasteiger partial charge on any atom is -0.366 e. The van der Waals surface area contributed by atoms with Gasteiger partial charge in [-0.3, -0.25) is 0 Å². The first-order chi connectivity index (χ1) is 9.09. The average Bonchev–Trinajstić information content (AvgIpc) is 2.37. The van der Waals surface area contributed by atoms with Crippen LogP contribution in [0.5, 0.6) is 0 Å². The Morgan fingerprint density at radius 2 is 1.89 bits per heavy atom. The van der Waals surface area contributed by atoms with Gasteiger partial charge < -0.3 is 5.32 Å². The van der Waals surface area contributed by atoms with Gasteiger partial charge in [0, 0.05) is 17.1 Å². The molecule has 0 aliphatic heterocycles. The fourth-order valence-electron chi connectivity index (χ4n) is 1.85. The highest BCUT2D eigenvalue weighted by Crippen LogP contribution is 2.28. The summed E-state index contributed by atoms with van der Waals surface area (Å²) in [4.78, 5) is 8.28. The van der Waals surface area contributed by atoms with E-state index in [9.17, 15) is 0 Å². The van der Waals surface area contributed by atoms with E-state index in [0.29, 0.717) is 11.7 Å². The van der Waals surface area contributed by atoms with Crippen molar-refractivity contribution in [3.63, 3.8) is 0 Å². The van der Waals surface area contributed by atoms with Crippen LogP contribution in [-0.4, -0.2) is 9.97 Å². The van der Waals surface area contributed by atoms with Crippen LogP contribution in [0.4, 0.5) is 5.82 Å². The predicted molar refractivity (Wildman–Crippen MR) is 79.9 cm³/mol. The second kappa shape index (κ2) is 6.22. The fourth-order valence-corrected chi connectivity index (χ4v) is 2.40. The number of aromatic nitrogens is 2. The number of benzene rings is 1. The van der Waals surface area contributed by atoms with E-state index < -0.39 is 0 Å². The van der Waals surface area contributed by atoms with Crippen LogP contribution >= 0.6 is 23.2 Å². The largest absolute Gasteiger partial charge is 0.366 e. The normalized spacial score (nSPS) is 10.8. The van der Waals surface area contributed by atoms with Crippen molar-refractivity contribution < 1.29 is 0 Å². The van der Waals surface area contributed by atoms with Crippen LogP contribution in [0.1, 0.15) is 30.9 Å². The van der Waals surface area contributed by atoms with Crippen LogP contribution in [0.15, 0.2) is 30.6 Å². The monoisotopic (exact) mass is 295 g/mol. The lowest BCUT2D eigenvalue weighted by Crippen LogP contribution is -2.07. The van der Waals surface area contributed by atoms with E-state index in [2.05, 4.69) is 29.1 Å². The number of anilines is 1. The summed E-state index contributed by atoms with van der Waals surface area (Å²) in [6.45, 7) is 4.73. The van der Waals surface area contributed by atoms with Crippen LogP contribution in [0.2, 0.25) is 10.2 Å². The first kappa shape index (κ1) is 14.1. The summed E-state index contributed by atoms with van der Waals surface area (Å²) < 4.78 is 0. The molecule has 19 heavy (non-hydrogen) atoms. The summed E-state index contributed by atoms with van der Waals surface area (Å²) >= 11 is 12.2. The van der Waals surface area contributed by atoms with Gasteiger partial charge in [0.05, 0.1) is 0 Å². The maximum absolute atomic E-state index is 6.13. The summed E-state index contributed by atoms with van der Waals surface area (Å²) in [5.41, 5.74) is 1.95. The number of halogens is 2. The number of nitrogens with one attached hydrogen (secondary N) is 1. The average molecular weight is 296 g/mol. The van der Waals surface area contributed by atoms with Crippen LogP contribution in [0, 0.1) is 0 Å². The van der Waals surface area contributed by atoms with Gasteiger partial charge >= 0.3 is 0 Å². The Hall–Kier alpha value is -1.32. The summed E-state index contributed by atoms with van der Waals surface area (Å²) in [5.74, 6) is 1.01. The third-order valence-electron chi connectivity index (χ3n) is 2.82. The van der Waals surface area contributed by atoms with Gasteiger partial charge in [0.2, 0.25) is 0 Å². The van der Waals surface area contributed by atoms with Crippen LogP contribution in [-0.2, 0) is 6.54 Å². The zero-order valence-electron chi connectivity index (χ0n) is 10.8. The lowest BCUT2D eigenvalue weighted by atomic mass is 10.1. The molecule has 2 aromatic rings. The Morgan fingerprint density at radius 1 is 1.16 bits per heavy atom. The van der Waals surface area contributed by atoms with Crippen molar-refractivity contribution in [2.24, 2.45) is 0 Å². The van der Waals surface area contributed by atoms with E-state index in [4.69, 9.17) is 23.2 Å². The Morgan fingerprint density at radius 3 is 2.58 bits per heavy atom. The molecule has 0 atom stereocenters. The second-order valence-corrected chi connectivity index (χ2v) is 5.29. The highest BCUT2D eigenvalue weighted by molar-refractivity contribution is 6.31. The standard InChI is InChI=1S/C14H15Cl2N3/c1-9(2)12-13(16)18-8-19-14(12)17-7-10-5-3-4-6-11(10)15/h3-6,8-9H,7H2,1-2H3,(H,17,18,19). The summed E-state index contributed by atoms with van der Waals surface area (Å²) in [6, 6.07) is 7.72. The van der Waals surface area contributed by atoms with E-state index in [0.717, 1.165) is 22.0 Å². The number of rotatable bonds is 4. The molecule has 0 saturated carbocycles. The van der Waals surface area contributed by atoms with Crippen LogP contribution < -0.4 is 5.32 Å². The molecule has 0 spiro atoms. The molecule has 0 bridgehead atoms. The SMILES string of the molecule is CC(C)c1c(Cl)ncnc1NCc1ccccc1Cl. The van der Waals surface area contributed by atoms with Gasteiger partial charge in [0.15, 0.2) is 0 Å². The minimum atomic E-state index is 0.252. The quantitative estimate of drug-likeness (QED) is 0.843. The van der Waals surface area contributed by atoms with E-state index in [1.165, 1.54) is 6.33 Å². The van der Waals surface area contributed by atoms with Gasteiger partial charge in [-0.05, 0) is 17.5 Å². The molecule has 100 valence electrons. The molecule has 3 nitrogen and oxygen atoms in total. The van der Waals surface area contributed by atoms with Crippen molar-refractivity contribution in [2.45, 2.75) is 26.3 Å². The third-order valence-corrected chi connectivity index (χ3v) is 3.49. The van der Waals surface area contributed by atoms with Gasteiger partial charge in [0.25, 0.3) is 0 Å². The Kier molecular flexibility index (Phi) is 4.61. The van der Waals surface area contributed by atoms with Gasteiger partial charge in [0.1, 0.15) is 17.3 Å². The van der Waals surface area contributed by atoms with Crippen LogP contribution in [0.3, 0.4) is 0 Å². The van der Waals surface area contributed by atoms with E-state index in [1.807, 2.05) is 24.3 Å². The molecule has 0 aliphatic rings. The van der Waals surface area contributed by atoms with Crippen molar-refractivity contribution in [3.8, 4) is 0 Å². The van der Waals surface area contributed by atoms with E-state index in [-0.39, 0.29) is 5.92 Å². The second-order valence-electron chi connectivity index (χ2n) is 4.53. The topological polar surface area (TPSA) is 37.8 Å². The maximum Gasteiger partial charge on any atom is 0.138 e. The predicted octanol–water partition coefficient (Wildman–Crippen LogP) is 4.52. The third kappa shape index (κ3) is 3.37. The molecular weight excluding hydrogens is 281 g/mol. The molecule has 1 heterocycles. The van der Waals surface area contributed by atoms with Gasteiger partial charge in [-0.15, -0.1) is 0 Å².